The summed E-state index contributed by atoms with van der Waals surface area (Å²) in [5.74, 6) is 0.611. The van der Waals surface area contributed by atoms with Crippen LogP contribution in [0.4, 0.5) is 0 Å². The first-order chi connectivity index (χ1) is 7.61. The van der Waals surface area contributed by atoms with E-state index in [1.807, 2.05) is 38.1 Å². The Morgan fingerprint density at radius 3 is 2.62 bits per heavy atom. The van der Waals surface area contributed by atoms with Crippen LogP contribution < -0.4 is 10.1 Å². The molecule has 1 atom stereocenters. The second-order valence-electron chi connectivity index (χ2n) is 3.62. The van der Waals surface area contributed by atoms with Gasteiger partial charge in [0.05, 0.1) is 0 Å². The summed E-state index contributed by atoms with van der Waals surface area (Å²) in [7, 11) is 0. The van der Waals surface area contributed by atoms with Crippen LogP contribution in [0.25, 0.3) is 0 Å². The lowest BCUT2D eigenvalue weighted by atomic mass is 10.2. The van der Waals surface area contributed by atoms with Crippen LogP contribution in [0, 0.1) is 0 Å². The van der Waals surface area contributed by atoms with Crippen molar-refractivity contribution >= 4 is 21.8 Å². The van der Waals surface area contributed by atoms with Gasteiger partial charge in [-0.25, -0.2) is 0 Å². The highest BCUT2D eigenvalue weighted by molar-refractivity contribution is 9.10. The second kappa shape index (κ2) is 6.53. The van der Waals surface area contributed by atoms with Crippen molar-refractivity contribution in [3.05, 3.63) is 28.7 Å². The van der Waals surface area contributed by atoms with Gasteiger partial charge in [-0.2, -0.15) is 0 Å². The molecule has 0 radical (unpaired) electrons. The van der Waals surface area contributed by atoms with E-state index in [9.17, 15) is 4.79 Å². The molecule has 0 aliphatic rings. The molecule has 0 saturated carbocycles. The maximum atomic E-state index is 11.4. The quantitative estimate of drug-likeness (QED) is 0.903. The molecule has 1 amide bonds. The summed E-state index contributed by atoms with van der Waals surface area (Å²) in [6, 6.07) is 7.59. The molecule has 0 bridgehead atoms. The van der Waals surface area contributed by atoms with Crippen LogP contribution in [0.5, 0.6) is 5.75 Å². The summed E-state index contributed by atoms with van der Waals surface area (Å²) < 4.78 is 6.33. The molecule has 0 spiro atoms. The van der Waals surface area contributed by atoms with Crippen molar-refractivity contribution in [1.29, 1.82) is 0 Å². The number of hydrogen-bond acceptors (Lipinski definition) is 2. The molecule has 16 heavy (non-hydrogen) atoms. The molecule has 1 unspecified atom stereocenters. The number of hydrogen-bond donors (Lipinski definition) is 1. The number of benzene rings is 1. The molecule has 0 aliphatic heterocycles. The van der Waals surface area contributed by atoms with Gasteiger partial charge >= 0.3 is 0 Å². The number of carbonyl (C=O) groups excluding carboxylic acids is 1. The third kappa shape index (κ3) is 4.66. The fourth-order valence-electron chi connectivity index (χ4n) is 1.10. The average molecular weight is 286 g/mol. The normalized spacial score (nSPS) is 11.9. The lowest BCUT2D eigenvalue weighted by Crippen LogP contribution is -2.35. The van der Waals surface area contributed by atoms with Crippen LogP contribution in [0.1, 0.15) is 20.3 Å². The van der Waals surface area contributed by atoms with E-state index >= 15 is 0 Å². The third-order valence-electron chi connectivity index (χ3n) is 2.20. The number of rotatable bonds is 5. The zero-order valence-electron chi connectivity index (χ0n) is 9.50. The fraction of sp³-hybridized carbons (Fsp3) is 0.417. The maximum absolute atomic E-state index is 11.4. The van der Waals surface area contributed by atoms with E-state index in [0.29, 0.717) is 5.75 Å². The SMILES string of the molecule is CCC(C)NC(=O)COc1ccc(Br)cc1. The van der Waals surface area contributed by atoms with Crippen LogP contribution in [0.15, 0.2) is 28.7 Å². The molecular weight excluding hydrogens is 270 g/mol. The topological polar surface area (TPSA) is 38.3 Å². The van der Waals surface area contributed by atoms with E-state index in [1.165, 1.54) is 0 Å². The van der Waals surface area contributed by atoms with E-state index < -0.39 is 0 Å². The van der Waals surface area contributed by atoms with Crippen molar-refractivity contribution in [2.75, 3.05) is 6.61 Å². The van der Waals surface area contributed by atoms with Gasteiger partial charge in [-0.15, -0.1) is 0 Å². The smallest absolute Gasteiger partial charge is 0.258 e. The van der Waals surface area contributed by atoms with E-state index in [4.69, 9.17) is 4.74 Å². The lowest BCUT2D eigenvalue weighted by molar-refractivity contribution is -0.123. The molecule has 1 aromatic rings. The van der Waals surface area contributed by atoms with E-state index in [0.717, 1.165) is 10.9 Å². The van der Waals surface area contributed by atoms with Gasteiger partial charge in [0, 0.05) is 10.5 Å². The summed E-state index contributed by atoms with van der Waals surface area (Å²) in [5.41, 5.74) is 0. The van der Waals surface area contributed by atoms with Gasteiger partial charge in [0.1, 0.15) is 5.75 Å². The third-order valence-corrected chi connectivity index (χ3v) is 2.73. The Hall–Kier alpha value is -1.03. The predicted octanol–water partition coefficient (Wildman–Crippen LogP) is 2.74. The van der Waals surface area contributed by atoms with Gasteiger partial charge in [0.25, 0.3) is 5.91 Å². The molecule has 0 aromatic heterocycles. The zero-order valence-corrected chi connectivity index (χ0v) is 11.1. The summed E-state index contributed by atoms with van der Waals surface area (Å²) in [4.78, 5) is 11.4. The molecule has 4 heteroatoms. The Kier molecular flexibility index (Phi) is 5.32. The second-order valence-corrected chi connectivity index (χ2v) is 4.54. The van der Waals surface area contributed by atoms with Gasteiger partial charge in [-0.1, -0.05) is 22.9 Å². The number of amides is 1. The molecule has 0 fully saturated rings. The first-order valence-corrected chi connectivity index (χ1v) is 6.09. The van der Waals surface area contributed by atoms with E-state index in [-0.39, 0.29) is 18.6 Å². The van der Waals surface area contributed by atoms with Gasteiger partial charge in [0.15, 0.2) is 6.61 Å². The highest BCUT2D eigenvalue weighted by Gasteiger charge is 2.05. The van der Waals surface area contributed by atoms with Crippen LogP contribution >= 0.6 is 15.9 Å². The molecule has 3 nitrogen and oxygen atoms in total. The highest BCUT2D eigenvalue weighted by Crippen LogP contribution is 2.15. The van der Waals surface area contributed by atoms with Crippen molar-refractivity contribution in [1.82, 2.24) is 5.32 Å². The summed E-state index contributed by atoms with van der Waals surface area (Å²) in [6.07, 6.45) is 0.921. The minimum absolute atomic E-state index is 0.0615. The molecule has 1 aromatic carbocycles. The van der Waals surface area contributed by atoms with Gasteiger partial charge in [-0.3, -0.25) is 4.79 Å². The number of halogens is 1. The van der Waals surface area contributed by atoms with Crippen LogP contribution in [0.3, 0.4) is 0 Å². The standard InChI is InChI=1S/C12H16BrNO2/c1-3-9(2)14-12(15)8-16-11-6-4-10(13)5-7-11/h4-7,9H,3,8H2,1-2H3,(H,14,15). The van der Waals surface area contributed by atoms with E-state index in [2.05, 4.69) is 21.2 Å². The molecule has 1 rings (SSSR count). The lowest BCUT2D eigenvalue weighted by Gasteiger charge is -2.11. The van der Waals surface area contributed by atoms with Crippen molar-refractivity contribution in [3.8, 4) is 5.75 Å². The molecule has 0 aliphatic carbocycles. The Labute approximate surface area is 104 Å². The summed E-state index contributed by atoms with van der Waals surface area (Å²) in [5, 5.41) is 2.84. The molecule has 88 valence electrons. The number of nitrogens with one attached hydrogen (secondary N) is 1. The number of carbonyl (C=O) groups is 1. The van der Waals surface area contributed by atoms with Crippen molar-refractivity contribution in [3.63, 3.8) is 0 Å². The van der Waals surface area contributed by atoms with Crippen molar-refractivity contribution in [2.45, 2.75) is 26.3 Å². The monoisotopic (exact) mass is 285 g/mol. The average Bonchev–Trinajstić information content (AvgIpc) is 2.28. The van der Waals surface area contributed by atoms with Gasteiger partial charge < -0.3 is 10.1 Å². The number of ether oxygens (including phenoxy) is 1. The fourth-order valence-corrected chi connectivity index (χ4v) is 1.36. The first-order valence-electron chi connectivity index (χ1n) is 5.29. The Bertz CT molecular complexity index is 337. The first kappa shape index (κ1) is 13.0. The van der Waals surface area contributed by atoms with E-state index in [1.54, 1.807) is 0 Å². The highest BCUT2D eigenvalue weighted by atomic mass is 79.9. The molecule has 0 saturated heterocycles. The summed E-state index contributed by atoms with van der Waals surface area (Å²) >= 11 is 3.33. The van der Waals surface area contributed by atoms with Gasteiger partial charge in [0.2, 0.25) is 0 Å². The van der Waals surface area contributed by atoms with Crippen molar-refractivity contribution < 1.29 is 9.53 Å². The predicted molar refractivity (Wildman–Crippen MR) is 67.5 cm³/mol. The molecule has 1 N–H and O–H groups in total. The Morgan fingerprint density at radius 2 is 2.06 bits per heavy atom. The Morgan fingerprint density at radius 1 is 1.44 bits per heavy atom. The minimum atomic E-state index is -0.0859. The van der Waals surface area contributed by atoms with Crippen LogP contribution in [-0.2, 0) is 4.79 Å². The largest absolute Gasteiger partial charge is 0.484 e. The van der Waals surface area contributed by atoms with Crippen LogP contribution in [0.2, 0.25) is 0 Å². The zero-order chi connectivity index (χ0) is 12.0. The summed E-state index contributed by atoms with van der Waals surface area (Å²) in [6.45, 7) is 4.06. The Balaban J connectivity index is 2.34. The maximum Gasteiger partial charge on any atom is 0.258 e. The minimum Gasteiger partial charge on any atom is -0.484 e. The molecular formula is C12H16BrNO2. The van der Waals surface area contributed by atoms with Gasteiger partial charge in [-0.05, 0) is 37.6 Å². The van der Waals surface area contributed by atoms with Crippen molar-refractivity contribution in [2.24, 2.45) is 0 Å². The van der Waals surface area contributed by atoms with Crippen LogP contribution in [-0.4, -0.2) is 18.6 Å². The molecule has 0 heterocycles.